The van der Waals surface area contributed by atoms with Gasteiger partial charge in [-0.1, -0.05) is 49.6 Å². The smallest absolute Gasteiger partial charge is 0.00109 e. The summed E-state index contributed by atoms with van der Waals surface area (Å²) in [5.74, 6) is 0. The summed E-state index contributed by atoms with van der Waals surface area (Å²) < 4.78 is 0. The molecule has 0 aliphatic heterocycles. The van der Waals surface area contributed by atoms with Crippen LogP contribution in [0.25, 0.3) is 0 Å². The van der Waals surface area contributed by atoms with Crippen molar-refractivity contribution in [1.29, 1.82) is 0 Å². The van der Waals surface area contributed by atoms with Gasteiger partial charge in [0.2, 0.25) is 0 Å². The third-order valence-electron chi connectivity index (χ3n) is 4.08. The first-order chi connectivity index (χ1) is 8.24. The third-order valence-corrected chi connectivity index (χ3v) is 4.08. The number of rotatable bonds is 5. The highest BCUT2D eigenvalue weighted by Crippen LogP contribution is 2.40. The van der Waals surface area contributed by atoms with Gasteiger partial charge in [-0.15, -0.1) is 0 Å². The second-order valence-electron chi connectivity index (χ2n) is 5.65. The van der Waals surface area contributed by atoms with Crippen molar-refractivity contribution in [2.75, 3.05) is 13.1 Å². The minimum absolute atomic E-state index is 0.532. The predicted molar refractivity (Wildman–Crippen MR) is 74.3 cm³/mol. The van der Waals surface area contributed by atoms with Crippen molar-refractivity contribution in [3.63, 3.8) is 0 Å². The van der Waals surface area contributed by atoms with Crippen LogP contribution in [0.3, 0.4) is 0 Å². The molecule has 0 amide bonds. The highest BCUT2D eigenvalue weighted by atomic mass is 14.9. The molecule has 1 N–H and O–H groups in total. The highest BCUT2D eigenvalue weighted by molar-refractivity contribution is 5.23. The Morgan fingerprint density at radius 1 is 1.24 bits per heavy atom. The fourth-order valence-corrected chi connectivity index (χ4v) is 3.19. The first-order valence-electron chi connectivity index (χ1n) is 7.00. The van der Waals surface area contributed by atoms with Crippen LogP contribution in [0, 0.1) is 12.3 Å². The standard InChI is InChI=1S/C16H25N/c1-3-17-13-16(9-4-5-10-16)12-15-8-6-7-14(2)11-15/h6-8,11,17H,3-5,9-10,12-13H2,1-2H3. The number of hydrogen-bond donors (Lipinski definition) is 1. The van der Waals surface area contributed by atoms with Crippen LogP contribution in [0.2, 0.25) is 0 Å². The Labute approximate surface area is 106 Å². The van der Waals surface area contributed by atoms with Crippen molar-refractivity contribution in [2.45, 2.75) is 46.0 Å². The summed E-state index contributed by atoms with van der Waals surface area (Å²) in [5.41, 5.74) is 3.44. The predicted octanol–water partition coefficient (Wildman–Crippen LogP) is 3.71. The van der Waals surface area contributed by atoms with Gasteiger partial charge in [0, 0.05) is 6.54 Å². The van der Waals surface area contributed by atoms with E-state index >= 15 is 0 Å². The first-order valence-corrected chi connectivity index (χ1v) is 7.00. The van der Waals surface area contributed by atoms with Crippen LogP contribution in [0.1, 0.15) is 43.7 Å². The molecular weight excluding hydrogens is 206 g/mol. The molecule has 1 saturated carbocycles. The molecule has 0 bridgehead atoms. The normalized spacial score (nSPS) is 18.5. The summed E-state index contributed by atoms with van der Waals surface area (Å²) in [6.07, 6.45) is 6.87. The van der Waals surface area contributed by atoms with Crippen LogP contribution in [-0.2, 0) is 6.42 Å². The monoisotopic (exact) mass is 231 g/mol. The summed E-state index contributed by atoms with van der Waals surface area (Å²) in [6, 6.07) is 9.03. The lowest BCUT2D eigenvalue weighted by molar-refractivity contribution is 0.280. The molecule has 1 aliphatic carbocycles. The Kier molecular flexibility index (Phi) is 4.22. The number of nitrogens with one attached hydrogen (secondary N) is 1. The van der Waals surface area contributed by atoms with E-state index in [0.717, 1.165) is 6.54 Å². The van der Waals surface area contributed by atoms with E-state index < -0.39 is 0 Å². The third kappa shape index (κ3) is 3.32. The maximum absolute atomic E-state index is 3.57. The maximum Gasteiger partial charge on any atom is 0.00109 e. The molecule has 1 aliphatic rings. The summed E-state index contributed by atoms with van der Waals surface area (Å²) in [5, 5.41) is 3.57. The van der Waals surface area contributed by atoms with Gasteiger partial charge in [0.15, 0.2) is 0 Å². The molecule has 0 spiro atoms. The van der Waals surface area contributed by atoms with Gasteiger partial charge in [0.25, 0.3) is 0 Å². The molecular formula is C16H25N. The second-order valence-corrected chi connectivity index (χ2v) is 5.65. The minimum Gasteiger partial charge on any atom is -0.316 e. The molecule has 1 aromatic rings. The van der Waals surface area contributed by atoms with Gasteiger partial charge < -0.3 is 5.32 Å². The largest absolute Gasteiger partial charge is 0.316 e. The van der Waals surface area contributed by atoms with E-state index in [4.69, 9.17) is 0 Å². The average molecular weight is 231 g/mol. The number of hydrogen-bond acceptors (Lipinski definition) is 1. The molecule has 1 fully saturated rings. The first kappa shape index (κ1) is 12.6. The van der Waals surface area contributed by atoms with E-state index in [1.165, 1.54) is 49.8 Å². The number of benzene rings is 1. The maximum atomic E-state index is 3.57. The molecule has 1 nitrogen and oxygen atoms in total. The second kappa shape index (κ2) is 5.68. The lowest BCUT2D eigenvalue weighted by Gasteiger charge is -2.29. The van der Waals surface area contributed by atoms with Crippen LogP contribution in [0.5, 0.6) is 0 Å². The van der Waals surface area contributed by atoms with Crippen molar-refractivity contribution in [2.24, 2.45) is 5.41 Å². The molecule has 1 heteroatoms. The van der Waals surface area contributed by atoms with Gasteiger partial charge in [-0.05, 0) is 43.7 Å². The molecule has 94 valence electrons. The Bertz CT molecular complexity index is 350. The van der Waals surface area contributed by atoms with E-state index in [-0.39, 0.29) is 0 Å². The van der Waals surface area contributed by atoms with Crippen LogP contribution in [0.4, 0.5) is 0 Å². The van der Waals surface area contributed by atoms with Crippen molar-refractivity contribution < 1.29 is 0 Å². The quantitative estimate of drug-likeness (QED) is 0.814. The minimum atomic E-state index is 0.532. The van der Waals surface area contributed by atoms with Gasteiger partial charge in [-0.3, -0.25) is 0 Å². The van der Waals surface area contributed by atoms with E-state index in [2.05, 4.69) is 43.4 Å². The number of aryl methyl sites for hydroxylation is 1. The van der Waals surface area contributed by atoms with Crippen molar-refractivity contribution in [3.05, 3.63) is 35.4 Å². The molecule has 1 aromatic carbocycles. The molecule has 2 rings (SSSR count). The topological polar surface area (TPSA) is 12.0 Å². The lowest BCUT2D eigenvalue weighted by atomic mass is 9.79. The van der Waals surface area contributed by atoms with Crippen LogP contribution < -0.4 is 5.32 Å². The van der Waals surface area contributed by atoms with E-state index in [1.54, 1.807) is 0 Å². The van der Waals surface area contributed by atoms with Crippen LogP contribution in [0.15, 0.2) is 24.3 Å². The van der Waals surface area contributed by atoms with Crippen LogP contribution >= 0.6 is 0 Å². The molecule has 0 atom stereocenters. The SMILES string of the molecule is CCNCC1(Cc2cccc(C)c2)CCCC1. The fourth-order valence-electron chi connectivity index (χ4n) is 3.19. The zero-order valence-corrected chi connectivity index (χ0v) is 11.3. The molecule has 0 heterocycles. The molecule has 17 heavy (non-hydrogen) atoms. The van der Waals surface area contributed by atoms with Crippen molar-refractivity contribution in [3.8, 4) is 0 Å². The van der Waals surface area contributed by atoms with E-state index in [1.807, 2.05) is 0 Å². The summed E-state index contributed by atoms with van der Waals surface area (Å²) in [7, 11) is 0. The summed E-state index contributed by atoms with van der Waals surface area (Å²) in [4.78, 5) is 0. The van der Waals surface area contributed by atoms with E-state index in [0.29, 0.717) is 5.41 Å². The fraction of sp³-hybridized carbons (Fsp3) is 0.625. The lowest BCUT2D eigenvalue weighted by Crippen LogP contribution is -2.33. The Hall–Kier alpha value is -0.820. The summed E-state index contributed by atoms with van der Waals surface area (Å²) >= 11 is 0. The zero-order chi connectivity index (χ0) is 12.1. The van der Waals surface area contributed by atoms with Gasteiger partial charge in [0.05, 0.1) is 0 Å². The van der Waals surface area contributed by atoms with Crippen molar-refractivity contribution >= 4 is 0 Å². The molecule has 0 saturated heterocycles. The Morgan fingerprint density at radius 2 is 2.00 bits per heavy atom. The van der Waals surface area contributed by atoms with Gasteiger partial charge >= 0.3 is 0 Å². The van der Waals surface area contributed by atoms with Gasteiger partial charge in [-0.2, -0.15) is 0 Å². The molecule has 0 aromatic heterocycles. The van der Waals surface area contributed by atoms with Gasteiger partial charge in [0.1, 0.15) is 0 Å². The highest BCUT2D eigenvalue weighted by Gasteiger charge is 2.33. The molecule has 0 radical (unpaired) electrons. The van der Waals surface area contributed by atoms with Crippen LogP contribution in [-0.4, -0.2) is 13.1 Å². The van der Waals surface area contributed by atoms with Crippen molar-refractivity contribution in [1.82, 2.24) is 5.32 Å². The Morgan fingerprint density at radius 3 is 2.65 bits per heavy atom. The van der Waals surface area contributed by atoms with Gasteiger partial charge in [-0.25, -0.2) is 0 Å². The Balaban J connectivity index is 2.07. The van der Waals surface area contributed by atoms with E-state index in [9.17, 15) is 0 Å². The molecule has 0 unspecified atom stereocenters. The zero-order valence-electron chi connectivity index (χ0n) is 11.3. The summed E-state index contributed by atoms with van der Waals surface area (Å²) in [6.45, 7) is 6.68. The average Bonchev–Trinajstić information content (AvgIpc) is 2.75.